The highest BCUT2D eigenvalue weighted by Crippen LogP contribution is 1.85. The van der Waals surface area contributed by atoms with Gasteiger partial charge in [-0.15, -0.1) is 0 Å². The van der Waals surface area contributed by atoms with Gasteiger partial charge in [0, 0.05) is 19.3 Å². The molecule has 1 heterocycles. The number of hydrogen-bond donors (Lipinski definition) is 3. The minimum Gasteiger partial charge on any atom is -0.295 e. The predicted octanol–water partition coefficient (Wildman–Crippen LogP) is -0.232. The molecular formula is C7H15N5. The van der Waals surface area contributed by atoms with Crippen LogP contribution in [0.25, 0.3) is 0 Å². The fraction of sp³-hybridized carbons (Fsp3) is 0.571. The Morgan fingerprint density at radius 1 is 1.58 bits per heavy atom. The van der Waals surface area contributed by atoms with Gasteiger partial charge in [0.15, 0.2) is 0 Å². The Balaban J connectivity index is 2.45. The number of hydrazine groups is 3. The molecule has 12 heavy (non-hydrogen) atoms. The van der Waals surface area contributed by atoms with Gasteiger partial charge in [-0.05, 0) is 13.0 Å². The number of rotatable bonds is 3. The van der Waals surface area contributed by atoms with Gasteiger partial charge >= 0.3 is 0 Å². The molecule has 1 aliphatic rings. The molecular weight excluding hydrogens is 154 g/mol. The normalized spacial score (nSPS) is 20.7. The van der Waals surface area contributed by atoms with Crippen LogP contribution in [-0.2, 0) is 0 Å². The van der Waals surface area contributed by atoms with Crippen LogP contribution in [0.1, 0.15) is 13.8 Å². The van der Waals surface area contributed by atoms with Gasteiger partial charge in [-0.3, -0.25) is 15.8 Å². The highest BCUT2D eigenvalue weighted by molar-refractivity contribution is 5.92. The van der Waals surface area contributed by atoms with Gasteiger partial charge in [0.2, 0.25) is 0 Å². The van der Waals surface area contributed by atoms with Crippen molar-refractivity contribution in [3.8, 4) is 0 Å². The fourth-order valence-electron chi connectivity index (χ4n) is 0.877. The number of hydrogen-bond acceptors (Lipinski definition) is 4. The lowest BCUT2D eigenvalue weighted by molar-refractivity contribution is 0.104. The standard InChI is InChI=1S/C7H15N5/c1-3-8-7-5-6-10-12(11-7)9-4-2/h5-6,9-10H,3-4H2,1-2H3,(H,8,11). The molecule has 0 aromatic rings. The second-order valence-electron chi connectivity index (χ2n) is 2.28. The number of nitrogens with zero attached hydrogens (tertiary/aromatic N) is 2. The van der Waals surface area contributed by atoms with Crippen molar-refractivity contribution >= 4 is 5.84 Å². The molecule has 0 aromatic carbocycles. The Labute approximate surface area is 72.4 Å². The van der Waals surface area contributed by atoms with Gasteiger partial charge in [0.1, 0.15) is 5.84 Å². The van der Waals surface area contributed by atoms with Crippen molar-refractivity contribution in [2.24, 2.45) is 4.99 Å². The molecule has 0 unspecified atom stereocenters. The third-order valence-corrected chi connectivity index (χ3v) is 1.32. The summed E-state index contributed by atoms with van der Waals surface area (Å²) in [5.41, 5.74) is 9.04. The molecule has 0 saturated heterocycles. The maximum absolute atomic E-state index is 4.21. The van der Waals surface area contributed by atoms with E-state index in [1.54, 1.807) is 5.23 Å². The van der Waals surface area contributed by atoms with Crippen LogP contribution in [-0.4, -0.2) is 24.2 Å². The minimum absolute atomic E-state index is 0.784. The highest BCUT2D eigenvalue weighted by Gasteiger charge is 2.05. The van der Waals surface area contributed by atoms with E-state index >= 15 is 0 Å². The Bertz CT molecular complexity index is 186. The SMILES string of the molecule is CCN=C1C=CNN(NCC)N1. The summed E-state index contributed by atoms with van der Waals surface area (Å²) >= 11 is 0. The molecule has 0 saturated carbocycles. The van der Waals surface area contributed by atoms with Gasteiger partial charge in [-0.1, -0.05) is 12.2 Å². The van der Waals surface area contributed by atoms with E-state index in [-0.39, 0.29) is 0 Å². The molecule has 3 N–H and O–H groups in total. The van der Waals surface area contributed by atoms with Crippen molar-refractivity contribution in [2.45, 2.75) is 13.8 Å². The number of aliphatic imine (C=N–C) groups is 1. The third kappa shape index (κ3) is 2.52. The second kappa shape index (κ2) is 4.74. The quantitative estimate of drug-likeness (QED) is 0.546. The van der Waals surface area contributed by atoms with Crippen LogP contribution in [0.3, 0.4) is 0 Å². The van der Waals surface area contributed by atoms with E-state index in [1.165, 1.54) is 0 Å². The third-order valence-electron chi connectivity index (χ3n) is 1.32. The summed E-state index contributed by atoms with van der Waals surface area (Å²) in [5, 5.41) is 1.68. The van der Waals surface area contributed by atoms with Crippen molar-refractivity contribution in [3.63, 3.8) is 0 Å². The molecule has 0 spiro atoms. The summed E-state index contributed by atoms with van der Waals surface area (Å²) < 4.78 is 0. The Hall–Kier alpha value is -1.07. The minimum atomic E-state index is 0.784. The Morgan fingerprint density at radius 2 is 2.42 bits per heavy atom. The average Bonchev–Trinajstić information content (AvgIpc) is 2.06. The molecule has 1 rings (SSSR count). The molecule has 1 aliphatic heterocycles. The Morgan fingerprint density at radius 3 is 3.08 bits per heavy atom. The van der Waals surface area contributed by atoms with E-state index < -0.39 is 0 Å². The van der Waals surface area contributed by atoms with Crippen LogP contribution < -0.4 is 16.3 Å². The van der Waals surface area contributed by atoms with Gasteiger partial charge < -0.3 is 0 Å². The lowest BCUT2D eigenvalue weighted by Crippen LogP contribution is -2.58. The smallest absolute Gasteiger partial charge is 0.139 e. The van der Waals surface area contributed by atoms with Crippen molar-refractivity contribution in [1.82, 2.24) is 21.5 Å². The average molecular weight is 169 g/mol. The first-order valence-electron chi connectivity index (χ1n) is 4.14. The van der Waals surface area contributed by atoms with Crippen LogP contribution in [0.2, 0.25) is 0 Å². The highest BCUT2D eigenvalue weighted by atomic mass is 15.9. The first-order chi connectivity index (χ1) is 5.86. The first kappa shape index (κ1) is 9.02. The summed E-state index contributed by atoms with van der Waals surface area (Å²) in [6.45, 7) is 5.67. The molecule has 5 heteroatoms. The summed E-state index contributed by atoms with van der Waals surface area (Å²) in [4.78, 5) is 4.21. The molecule has 0 aliphatic carbocycles. The van der Waals surface area contributed by atoms with Crippen LogP contribution in [0.15, 0.2) is 17.3 Å². The summed E-state index contributed by atoms with van der Waals surface area (Å²) in [6.07, 6.45) is 3.71. The van der Waals surface area contributed by atoms with E-state index in [0.717, 1.165) is 18.9 Å². The van der Waals surface area contributed by atoms with Gasteiger partial charge in [0.05, 0.1) is 0 Å². The maximum Gasteiger partial charge on any atom is 0.139 e. The molecule has 5 nitrogen and oxygen atoms in total. The van der Waals surface area contributed by atoms with Crippen molar-refractivity contribution < 1.29 is 0 Å². The lowest BCUT2D eigenvalue weighted by atomic mass is 10.5. The molecule has 0 bridgehead atoms. The van der Waals surface area contributed by atoms with E-state index in [0.29, 0.717) is 0 Å². The largest absolute Gasteiger partial charge is 0.295 e. The number of nitrogens with one attached hydrogen (secondary N) is 3. The molecule has 68 valence electrons. The van der Waals surface area contributed by atoms with Gasteiger partial charge in [-0.25, -0.2) is 5.43 Å². The van der Waals surface area contributed by atoms with Gasteiger partial charge in [0.25, 0.3) is 0 Å². The van der Waals surface area contributed by atoms with E-state index in [2.05, 4.69) is 21.3 Å². The molecule has 0 atom stereocenters. The summed E-state index contributed by atoms with van der Waals surface area (Å²) in [7, 11) is 0. The van der Waals surface area contributed by atoms with Crippen molar-refractivity contribution in [2.75, 3.05) is 13.1 Å². The van der Waals surface area contributed by atoms with Gasteiger partial charge in [-0.2, -0.15) is 0 Å². The zero-order chi connectivity index (χ0) is 8.81. The zero-order valence-corrected chi connectivity index (χ0v) is 7.46. The van der Waals surface area contributed by atoms with E-state index in [9.17, 15) is 0 Å². The molecule has 0 radical (unpaired) electrons. The van der Waals surface area contributed by atoms with Crippen LogP contribution in [0.4, 0.5) is 0 Å². The monoisotopic (exact) mass is 169 g/mol. The second-order valence-corrected chi connectivity index (χ2v) is 2.28. The Kier molecular flexibility index (Phi) is 3.56. The topological polar surface area (TPSA) is 51.7 Å². The number of amidine groups is 1. The van der Waals surface area contributed by atoms with Crippen LogP contribution in [0, 0.1) is 0 Å². The maximum atomic E-state index is 4.21. The van der Waals surface area contributed by atoms with E-state index in [4.69, 9.17) is 0 Å². The first-order valence-corrected chi connectivity index (χ1v) is 4.14. The van der Waals surface area contributed by atoms with Crippen LogP contribution >= 0.6 is 0 Å². The van der Waals surface area contributed by atoms with Crippen molar-refractivity contribution in [1.29, 1.82) is 0 Å². The van der Waals surface area contributed by atoms with E-state index in [1.807, 2.05) is 26.1 Å². The molecule has 0 aromatic heterocycles. The summed E-state index contributed by atoms with van der Waals surface area (Å²) in [5.74, 6) is 0.859. The molecule has 0 fully saturated rings. The summed E-state index contributed by atoms with van der Waals surface area (Å²) in [6, 6.07) is 0. The lowest BCUT2D eigenvalue weighted by Gasteiger charge is -2.26. The zero-order valence-electron chi connectivity index (χ0n) is 7.46. The van der Waals surface area contributed by atoms with Crippen LogP contribution in [0.5, 0.6) is 0 Å². The predicted molar refractivity (Wildman–Crippen MR) is 48.9 cm³/mol. The fourth-order valence-corrected chi connectivity index (χ4v) is 0.877. The molecule has 0 amide bonds. The van der Waals surface area contributed by atoms with Crippen molar-refractivity contribution in [3.05, 3.63) is 12.3 Å².